The molecule has 80 valence electrons. The van der Waals surface area contributed by atoms with Crippen LogP contribution in [0.2, 0.25) is 0 Å². The summed E-state index contributed by atoms with van der Waals surface area (Å²) in [5, 5.41) is 0. The number of rotatable bonds is 2. The number of hydrogen-bond donors (Lipinski definition) is 0. The van der Waals surface area contributed by atoms with Gasteiger partial charge < -0.3 is 0 Å². The molecule has 1 fully saturated rings. The first-order valence-corrected chi connectivity index (χ1v) is 6.22. The largest absolute Gasteiger partial charge is 0.298 e. The van der Waals surface area contributed by atoms with Crippen LogP contribution in [-0.2, 0) is 5.67 Å². The summed E-state index contributed by atoms with van der Waals surface area (Å²) in [5.74, 6) is 1.76. The van der Waals surface area contributed by atoms with Crippen molar-refractivity contribution in [3.63, 3.8) is 0 Å². The lowest BCUT2D eigenvalue weighted by Crippen LogP contribution is -2.25. The first kappa shape index (κ1) is 10.7. The van der Waals surface area contributed by atoms with Crippen molar-refractivity contribution in [1.82, 2.24) is 0 Å². The van der Waals surface area contributed by atoms with E-state index in [-0.39, 0.29) is 0 Å². The number of alkyl halides is 1. The van der Waals surface area contributed by atoms with Crippen LogP contribution in [0.25, 0.3) is 0 Å². The molecule has 0 spiro atoms. The Morgan fingerprint density at radius 2 is 1.80 bits per heavy atom. The van der Waals surface area contributed by atoms with E-state index in [9.17, 15) is 9.18 Å². The average Bonchev–Trinajstić information content (AvgIpc) is 2.30. The molecule has 0 aromatic heterocycles. The number of thioether (sulfide) groups is 1. The summed E-state index contributed by atoms with van der Waals surface area (Å²) in [6.07, 6.45) is 1.95. The van der Waals surface area contributed by atoms with E-state index in [1.54, 1.807) is 36.0 Å². The highest BCUT2D eigenvalue weighted by molar-refractivity contribution is 7.99. The highest BCUT2D eigenvalue weighted by Gasteiger charge is 2.33. The molecule has 2 rings (SSSR count). The number of benzene rings is 1. The highest BCUT2D eigenvalue weighted by Crippen LogP contribution is 2.39. The van der Waals surface area contributed by atoms with Gasteiger partial charge in [-0.2, -0.15) is 11.8 Å². The predicted molar refractivity (Wildman–Crippen MR) is 61.2 cm³/mol. The Morgan fingerprint density at radius 3 is 2.33 bits per heavy atom. The molecule has 1 saturated heterocycles. The van der Waals surface area contributed by atoms with Crippen molar-refractivity contribution in [2.24, 2.45) is 0 Å². The zero-order valence-electron chi connectivity index (χ0n) is 8.41. The molecule has 1 nitrogen and oxygen atoms in total. The lowest BCUT2D eigenvalue weighted by Gasteiger charge is -2.29. The summed E-state index contributed by atoms with van der Waals surface area (Å²) in [6, 6.07) is 6.84. The smallest absolute Gasteiger partial charge is 0.150 e. The minimum Gasteiger partial charge on any atom is -0.298 e. The van der Waals surface area contributed by atoms with Crippen molar-refractivity contribution in [2.75, 3.05) is 11.5 Å². The number of hydrogen-bond acceptors (Lipinski definition) is 2. The predicted octanol–water partition coefficient (Wildman–Crippen LogP) is 3.19. The molecule has 3 heteroatoms. The minimum atomic E-state index is -1.17. The maximum absolute atomic E-state index is 14.4. The molecular weight excluding hydrogens is 211 g/mol. The van der Waals surface area contributed by atoms with Crippen molar-refractivity contribution >= 4 is 18.0 Å². The number of aldehydes is 1. The van der Waals surface area contributed by atoms with Crippen molar-refractivity contribution in [3.05, 3.63) is 35.4 Å². The second kappa shape index (κ2) is 4.35. The van der Waals surface area contributed by atoms with Gasteiger partial charge >= 0.3 is 0 Å². The SMILES string of the molecule is O=Cc1ccc(C2(F)CCSCC2)cc1. The first-order valence-electron chi connectivity index (χ1n) is 5.07. The van der Waals surface area contributed by atoms with Gasteiger partial charge in [-0.1, -0.05) is 24.3 Å². The van der Waals surface area contributed by atoms with E-state index in [4.69, 9.17) is 0 Å². The summed E-state index contributed by atoms with van der Waals surface area (Å²) >= 11 is 1.80. The van der Waals surface area contributed by atoms with E-state index in [2.05, 4.69) is 0 Å². The van der Waals surface area contributed by atoms with Gasteiger partial charge in [-0.15, -0.1) is 0 Å². The summed E-state index contributed by atoms with van der Waals surface area (Å²) < 4.78 is 14.4. The van der Waals surface area contributed by atoms with Gasteiger partial charge in [-0.3, -0.25) is 4.79 Å². The molecule has 0 bridgehead atoms. The summed E-state index contributed by atoms with van der Waals surface area (Å²) in [6.45, 7) is 0. The molecule has 1 aliphatic heterocycles. The van der Waals surface area contributed by atoms with E-state index < -0.39 is 5.67 Å². The molecule has 0 saturated carbocycles. The highest BCUT2D eigenvalue weighted by atomic mass is 32.2. The minimum absolute atomic E-state index is 0.581. The van der Waals surface area contributed by atoms with Crippen molar-refractivity contribution in [3.8, 4) is 0 Å². The molecule has 0 radical (unpaired) electrons. The van der Waals surface area contributed by atoms with Crippen LogP contribution in [0.1, 0.15) is 28.8 Å². The fourth-order valence-electron chi connectivity index (χ4n) is 1.84. The van der Waals surface area contributed by atoms with Gasteiger partial charge in [0.15, 0.2) is 0 Å². The third-order valence-electron chi connectivity index (χ3n) is 2.85. The van der Waals surface area contributed by atoms with E-state index in [0.29, 0.717) is 24.0 Å². The summed E-state index contributed by atoms with van der Waals surface area (Å²) in [4.78, 5) is 10.5. The van der Waals surface area contributed by atoms with Crippen molar-refractivity contribution < 1.29 is 9.18 Å². The molecule has 1 aromatic carbocycles. The van der Waals surface area contributed by atoms with Crippen LogP contribution in [0.5, 0.6) is 0 Å². The van der Waals surface area contributed by atoms with Gasteiger partial charge in [0.1, 0.15) is 12.0 Å². The Kier molecular flexibility index (Phi) is 3.10. The summed E-state index contributed by atoms with van der Waals surface area (Å²) in [5.41, 5.74) is 0.146. The standard InChI is InChI=1S/C12H13FOS/c13-12(5-7-15-8-6-12)11-3-1-10(9-14)2-4-11/h1-4,9H,5-8H2. The lowest BCUT2D eigenvalue weighted by atomic mass is 9.89. The van der Waals surface area contributed by atoms with Gasteiger partial charge in [0.25, 0.3) is 0 Å². The molecule has 1 heterocycles. The van der Waals surface area contributed by atoms with Crippen LogP contribution in [0.3, 0.4) is 0 Å². The van der Waals surface area contributed by atoms with Crippen LogP contribution >= 0.6 is 11.8 Å². The fraction of sp³-hybridized carbons (Fsp3) is 0.417. The molecule has 1 aromatic rings. The molecule has 15 heavy (non-hydrogen) atoms. The van der Waals surface area contributed by atoms with Crippen LogP contribution in [0.4, 0.5) is 4.39 Å². The maximum Gasteiger partial charge on any atom is 0.150 e. The van der Waals surface area contributed by atoms with Gasteiger partial charge in [-0.25, -0.2) is 4.39 Å². The Morgan fingerprint density at radius 1 is 1.20 bits per heavy atom. The molecule has 0 amide bonds. The number of carbonyl (C=O) groups excluding carboxylic acids is 1. The fourth-order valence-corrected chi connectivity index (χ4v) is 2.98. The topological polar surface area (TPSA) is 17.1 Å². The first-order chi connectivity index (χ1) is 7.24. The average molecular weight is 224 g/mol. The lowest BCUT2D eigenvalue weighted by molar-refractivity contribution is 0.112. The number of carbonyl (C=O) groups is 1. The van der Waals surface area contributed by atoms with Gasteiger partial charge in [0, 0.05) is 5.56 Å². The van der Waals surface area contributed by atoms with Gasteiger partial charge in [-0.05, 0) is 29.9 Å². The second-order valence-corrected chi connectivity index (χ2v) is 5.04. The van der Waals surface area contributed by atoms with Crippen molar-refractivity contribution in [1.29, 1.82) is 0 Å². The summed E-state index contributed by atoms with van der Waals surface area (Å²) in [7, 11) is 0. The molecule has 0 N–H and O–H groups in total. The number of halogens is 1. The molecular formula is C12H13FOS. The molecule has 1 aliphatic rings. The van der Waals surface area contributed by atoms with E-state index in [1.807, 2.05) is 0 Å². The zero-order chi connectivity index (χ0) is 10.7. The zero-order valence-corrected chi connectivity index (χ0v) is 9.23. The second-order valence-electron chi connectivity index (χ2n) is 3.82. The van der Waals surface area contributed by atoms with Gasteiger partial charge in [0.05, 0.1) is 0 Å². The van der Waals surface area contributed by atoms with Crippen LogP contribution in [0.15, 0.2) is 24.3 Å². The van der Waals surface area contributed by atoms with Crippen LogP contribution in [0, 0.1) is 0 Å². The van der Waals surface area contributed by atoms with Gasteiger partial charge in [0.2, 0.25) is 0 Å². The van der Waals surface area contributed by atoms with E-state index in [0.717, 1.165) is 17.8 Å². The molecule has 0 unspecified atom stereocenters. The quantitative estimate of drug-likeness (QED) is 0.718. The van der Waals surface area contributed by atoms with E-state index in [1.165, 1.54) is 0 Å². The monoisotopic (exact) mass is 224 g/mol. The Balaban J connectivity index is 2.23. The van der Waals surface area contributed by atoms with E-state index >= 15 is 0 Å². The van der Waals surface area contributed by atoms with Crippen molar-refractivity contribution in [2.45, 2.75) is 18.5 Å². The maximum atomic E-state index is 14.4. The normalized spacial score (nSPS) is 19.8. The molecule has 0 atom stereocenters. The Hall–Kier alpha value is -0.830. The molecule has 0 aliphatic carbocycles. The Bertz CT molecular complexity index is 341. The van der Waals surface area contributed by atoms with Crippen LogP contribution in [-0.4, -0.2) is 17.8 Å². The third kappa shape index (κ3) is 2.23. The Labute approximate surface area is 93.1 Å². The third-order valence-corrected chi connectivity index (χ3v) is 3.84. The van der Waals surface area contributed by atoms with Crippen LogP contribution < -0.4 is 0 Å².